The summed E-state index contributed by atoms with van der Waals surface area (Å²) in [7, 11) is -3.77. The molecule has 2 aromatic heterocycles. The third-order valence-electron chi connectivity index (χ3n) is 4.88. The minimum Gasteiger partial charge on any atom is -0.353 e. The van der Waals surface area contributed by atoms with Crippen molar-refractivity contribution >= 4 is 39.1 Å². The minimum absolute atomic E-state index is 0.0906. The molecule has 8 nitrogen and oxygen atoms in total. The molecule has 1 N–H and O–H groups in total. The van der Waals surface area contributed by atoms with E-state index in [4.69, 9.17) is 11.6 Å². The largest absolute Gasteiger partial charge is 0.353 e. The highest BCUT2D eigenvalue weighted by atomic mass is 35.5. The molecule has 30 heavy (non-hydrogen) atoms. The fourth-order valence-corrected chi connectivity index (χ4v) is 4.47. The third-order valence-corrected chi connectivity index (χ3v) is 6.67. The average Bonchev–Trinajstić information content (AvgIpc) is 2.77. The maximum Gasteiger partial charge on any atom is 0.262 e. The van der Waals surface area contributed by atoms with E-state index in [1.54, 1.807) is 12.3 Å². The van der Waals surface area contributed by atoms with Gasteiger partial charge in [-0.2, -0.15) is 0 Å². The monoisotopic (exact) mass is 444 g/mol. The Labute approximate surface area is 180 Å². The van der Waals surface area contributed by atoms with Crippen LogP contribution in [0.5, 0.6) is 0 Å². The highest BCUT2D eigenvalue weighted by Gasteiger charge is 2.20. The highest BCUT2D eigenvalue weighted by Crippen LogP contribution is 2.22. The van der Waals surface area contributed by atoms with Crippen LogP contribution < -0.4 is 14.5 Å². The summed E-state index contributed by atoms with van der Waals surface area (Å²) in [6, 6.07) is 10.5. The van der Waals surface area contributed by atoms with E-state index >= 15 is 0 Å². The molecule has 4 rings (SSSR count). The van der Waals surface area contributed by atoms with Crippen molar-refractivity contribution in [3.05, 3.63) is 65.6 Å². The molecular formula is C20H21ClN6O2S. The van der Waals surface area contributed by atoms with E-state index in [9.17, 15) is 8.42 Å². The standard InChI is InChI=1S/C20H21ClN6O2S/c1-15-5-6-17(12-18(15)21)30(28,29)25-16-13-23-20(24-14-16)27-10-8-26(9-11-27)19-4-2-3-7-22-19/h2-7,12-14,25H,8-11H2,1H3. The number of piperazine rings is 1. The maximum absolute atomic E-state index is 12.6. The van der Waals surface area contributed by atoms with Crippen LogP contribution in [0.1, 0.15) is 5.56 Å². The van der Waals surface area contributed by atoms with Gasteiger partial charge in [0.05, 0.1) is 23.0 Å². The predicted molar refractivity (Wildman–Crippen MR) is 118 cm³/mol. The number of rotatable bonds is 5. The van der Waals surface area contributed by atoms with Crippen LogP contribution in [0, 0.1) is 6.92 Å². The molecule has 0 unspecified atom stereocenters. The lowest BCUT2D eigenvalue weighted by Gasteiger charge is -2.35. The summed E-state index contributed by atoms with van der Waals surface area (Å²) in [6.07, 6.45) is 4.73. The van der Waals surface area contributed by atoms with Gasteiger partial charge in [-0.25, -0.2) is 23.4 Å². The molecule has 1 aliphatic heterocycles. The highest BCUT2D eigenvalue weighted by molar-refractivity contribution is 7.92. The normalized spacial score (nSPS) is 14.6. The first-order valence-corrected chi connectivity index (χ1v) is 11.3. The summed E-state index contributed by atoms with van der Waals surface area (Å²) in [5.74, 6) is 1.52. The molecule has 0 aliphatic carbocycles. The van der Waals surface area contributed by atoms with Crippen LogP contribution in [0.15, 0.2) is 59.9 Å². The van der Waals surface area contributed by atoms with E-state index in [2.05, 4.69) is 29.5 Å². The number of pyridine rings is 1. The Bertz CT molecular complexity index is 1120. The number of hydrogen-bond donors (Lipinski definition) is 1. The number of hydrogen-bond acceptors (Lipinski definition) is 7. The van der Waals surface area contributed by atoms with Crippen LogP contribution in [0.2, 0.25) is 5.02 Å². The lowest BCUT2D eigenvalue weighted by molar-refractivity contribution is 0.601. The van der Waals surface area contributed by atoms with Crippen molar-refractivity contribution in [1.29, 1.82) is 0 Å². The van der Waals surface area contributed by atoms with Crippen LogP contribution in [0.4, 0.5) is 17.5 Å². The van der Waals surface area contributed by atoms with Crippen molar-refractivity contribution in [2.24, 2.45) is 0 Å². The number of sulfonamides is 1. The molecule has 0 amide bonds. The molecule has 1 aromatic carbocycles. The van der Waals surface area contributed by atoms with E-state index in [-0.39, 0.29) is 4.90 Å². The molecule has 0 saturated carbocycles. The van der Waals surface area contributed by atoms with Crippen molar-refractivity contribution in [1.82, 2.24) is 15.0 Å². The SMILES string of the molecule is Cc1ccc(S(=O)(=O)Nc2cnc(N3CCN(c4ccccn4)CC3)nc2)cc1Cl. The van der Waals surface area contributed by atoms with E-state index in [0.29, 0.717) is 16.7 Å². The van der Waals surface area contributed by atoms with Crippen LogP contribution in [0.3, 0.4) is 0 Å². The van der Waals surface area contributed by atoms with Gasteiger partial charge in [0.15, 0.2) is 0 Å². The molecule has 156 valence electrons. The molecule has 1 fully saturated rings. The molecule has 3 heterocycles. The van der Waals surface area contributed by atoms with Crippen molar-refractivity contribution in [2.75, 3.05) is 40.7 Å². The molecule has 0 spiro atoms. The molecule has 0 atom stereocenters. The quantitative estimate of drug-likeness (QED) is 0.646. The molecular weight excluding hydrogens is 424 g/mol. The first-order chi connectivity index (χ1) is 14.4. The zero-order valence-electron chi connectivity index (χ0n) is 16.4. The molecule has 1 aliphatic rings. The molecule has 0 bridgehead atoms. The smallest absolute Gasteiger partial charge is 0.262 e. The zero-order valence-corrected chi connectivity index (χ0v) is 17.9. The van der Waals surface area contributed by atoms with Crippen LogP contribution in [0.25, 0.3) is 0 Å². The second kappa shape index (κ2) is 8.45. The lowest BCUT2D eigenvalue weighted by atomic mass is 10.2. The third kappa shape index (κ3) is 4.47. The Morgan fingerprint density at radius 1 is 0.967 bits per heavy atom. The summed E-state index contributed by atoms with van der Waals surface area (Å²) in [4.78, 5) is 17.4. The van der Waals surface area contributed by atoms with Crippen molar-refractivity contribution in [2.45, 2.75) is 11.8 Å². The fraction of sp³-hybridized carbons (Fsp3) is 0.250. The Hall–Kier alpha value is -2.91. The predicted octanol–water partition coefficient (Wildman–Crippen LogP) is 2.96. The fourth-order valence-electron chi connectivity index (χ4n) is 3.17. The number of benzene rings is 1. The summed E-state index contributed by atoms with van der Waals surface area (Å²) >= 11 is 6.05. The molecule has 3 aromatic rings. The van der Waals surface area contributed by atoms with Crippen molar-refractivity contribution < 1.29 is 8.42 Å². The zero-order chi connectivity index (χ0) is 21.1. The van der Waals surface area contributed by atoms with E-state index in [1.165, 1.54) is 24.5 Å². The minimum atomic E-state index is -3.77. The number of aryl methyl sites for hydroxylation is 1. The van der Waals surface area contributed by atoms with Gasteiger partial charge in [-0.3, -0.25) is 4.72 Å². The molecule has 10 heteroatoms. The van der Waals surface area contributed by atoms with E-state index < -0.39 is 10.0 Å². The van der Waals surface area contributed by atoms with Gasteiger partial charge >= 0.3 is 0 Å². The summed E-state index contributed by atoms with van der Waals surface area (Å²) in [5, 5.41) is 0.398. The van der Waals surface area contributed by atoms with E-state index in [0.717, 1.165) is 37.6 Å². The van der Waals surface area contributed by atoms with Gasteiger partial charge in [0.1, 0.15) is 5.82 Å². The first-order valence-electron chi connectivity index (χ1n) is 9.44. The second-order valence-electron chi connectivity index (χ2n) is 6.95. The molecule has 0 radical (unpaired) electrons. The van der Waals surface area contributed by atoms with Crippen LogP contribution >= 0.6 is 11.6 Å². The van der Waals surface area contributed by atoms with Gasteiger partial charge in [-0.15, -0.1) is 0 Å². The summed E-state index contributed by atoms with van der Waals surface area (Å²) < 4.78 is 27.6. The van der Waals surface area contributed by atoms with Gasteiger partial charge in [-0.1, -0.05) is 23.7 Å². The first kappa shape index (κ1) is 20.4. The lowest BCUT2D eigenvalue weighted by Crippen LogP contribution is -2.47. The Morgan fingerprint density at radius 3 is 2.30 bits per heavy atom. The van der Waals surface area contributed by atoms with Crippen LogP contribution in [-0.4, -0.2) is 49.5 Å². The Balaban J connectivity index is 1.40. The number of aromatic nitrogens is 3. The van der Waals surface area contributed by atoms with Gasteiger partial charge in [0.2, 0.25) is 5.95 Å². The topological polar surface area (TPSA) is 91.3 Å². The van der Waals surface area contributed by atoms with E-state index in [1.807, 2.05) is 25.1 Å². The average molecular weight is 445 g/mol. The molecule has 1 saturated heterocycles. The number of halogens is 1. The van der Waals surface area contributed by atoms with Crippen molar-refractivity contribution in [3.63, 3.8) is 0 Å². The van der Waals surface area contributed by atoms with Gasteiger partial charge in [0, 0.05) is 37.4 Å². The summed E-state index contributed by atoms with van der Waals surface area (Å²) in [5.41, 5.74) is 1.11. The maximum atomic E-state index is 12.6. The van der Waals surface area contributed by atoms with Gasteiger partial charge < -0.3 is 9.80 Å². The Kier molecular flexibility index (Phi) is 5.74. The van der Waals surface area contributed by atoms with Gasteiger partial charge in [-0.05, 0) is 36.8 Å². The number of nitrogens with zero attached hydrogens (tertiary/aromatic N) is 5. The van der Waals surface area contributed by atoms with Crippen LogP contribution in [-0.2, 0) is 10.0 Å². The second-order valence-corrected chi connectivity index (χ2v) is 9.04. The Morgan fingerprint density at radius 2 is 1.67 bits per heavy atom. The van der Waals surface area contributed by atoms with Crippen molar-refractivity contribution in [3.8, 4) is 0 Å². The summed E-state index contributed by atoms with van der Waals surface area (Å²) in [6.45, 7) is 4.94. The number of anilines is 3. The number of nitrogens with one attached hydrogen (secondary N) is 1. The van der Waals surface area contributed by atoms with Gasteiger partial charge in [0.25, 0.3) is 10.0 Å².